The summed E-state index contributed by atoms with van der Waals surface area (Å²) in [5.41, 5.74) is 4.78. The molecule has 1 saturated heterocycles. The normalized spacial score (nSPS) is 19.6. The number of hydrazine groups is 1. The Morgan fingerprint density at radius 3 is 2.48 bits per heavy atom. The molecule has 1 aliphatic rings. The van der Waals surface area contributed by atoms with Gasteiger partial charge in [0.1, 0.15) is 0 Å². The Morgan fingerprint density at radius 2 is 1.88 bits per heavy atom. The van der Waals surface area contributed by atoms with Gasteiger partial charge in [0, 0.05) is 12.0 Å². The van der Waals surface area contributed by atoms with Crippen molar-refractivity contribution in [3.8, 4) is 0 Å². The van der Waals surface area contributed by atoms with Crippen molar-refractivity contribution in [1.29, 1.82) is 0 Å². The van der Waals surface area contributed by atoms with E-state index in [2.05, 4.69) is 10.9 Å². The number of hydrogen-bond donors (Lipinski definition) is 2. The van der Waals surface area contributed by atoms with E-state index in [1.807, 2.05) is 0 Å². The van der Waals surface area contributed by atoms with Crippen molar-refractivity contribution in [1.82, 2.24) is 10.9 Å². The first-order chi connectivity index (χ1) is 11.8. The maximum absolute atomic E-state index is 11.9. The molecule has 1 aromatic carbocycles. The topological polar surface area (TPSA) is 119 Å². The molecule has 1 aliphatic heterocycles. The van der Waals surface area contributed by atoms with Crippen LogP contribution < -0.4 is 10.9 Å². The molecule has 0 radical (unpaired) electrons. The second-order valence-electron chi connectivity index (χ2n) is 5.91. The highest BCUT2D eigenvalue weighted by Gasteiger charge is 2.30. The molecule has 136 valence electrons. The molecule has 0 bridgehead atoms. The summed E-state index contributed by atoms with van der Waals surface area (Å²) in [4.78, 5) is 35.5. The number of carbonyl (C=O) groups is 3. The lowest BCUT2D eigenvalue weighted by atomic mass is 10.1. The van der Waals surface area contributed by atoms with E-state index in [1.165, 1.54) is 6.92 Å². The summed E-state index contributed by atoms with van der Waals surface area (Å²) in [5, 5.41) is 0. The third kappa shape index (κ3) is 5.86. The number of nitrogens with one attached hydrogen (secondary N) is 2. The molecule has 8 nitrogen and oxygen atoms in total. The summed E-state index contributed by atoms with van der Waals surface area (Å²) in [6.45, 7) is 1.37. The zero-order valence-electron chi connectivity index (χ0n) is 13.7. The summed E-state index contributed by atoms with van der Waals surface area (Å²) < 4.78 is 27.7. The van der Waals surface area contributed by atoms with E-state index >= 15 is 0 Å². The number of carbonyl (C=O) groups excluding carboxylic acids is 3. The largest absolute Gasteiger partial charge is 0.452 e. The Balaban J connectivity index is 1.74. The highest BCUT2D eigenvalue weighted by atomic mass is 32.2. The molecule has 25 heavy (non-hydrogen) atoms. The number of rotatable bonds is 5. The molecule has 2 amide bonds. The molecule has 0 aliphatic carbocycles. The summed E-state index contributed by atoms with van der Waals surface area (Å²) in [6.07, 6.45) is -0.736. The average molecular weight is 368 g/mol. The number of amides is 2. The highest BCUT2D eigenvalue weighted by molar-refractivity contribution is 7.91. The van der Waals surface area contributed by atoms with Crippen molar-refractivity contribution in [3.63, 3.8) is 0 Å². The van der Waals surface area contributed by atoms with E-state index in [4.69, 9.17) is 4.74 Å². The van der Waals surface area contributed by atoms with Crippen LogP contribution in [-0.4, -0.2) is 43.8 Å². The minimum Gasteiger partial charge on any atom is -0.452 e. The van der Waals surface area contributed by atoms with Crippen molar-refractivity contribution < 1.29 is 27.5 Å². The zero-order valence-corrected chi connectivity index (χ0v) is 14.5. The quantitative estimate of drug-likeness (QED) is 0.566. The Morgan fingerprint density at radius 1 is 1.20 bits per heavy atom. The fraction of sp³-hybridized carbons (Fsp3) is 0.438. The molecule has 0 unspecified atom stereocenters. The van der Waals surface area contributed by atoms with E-state index in [0.29, 0.717) is 12.0 Å². The van der Waals surface area contributed by atoms with Crippen molar-refractivity contribution in [2.75, 3.05) is 11.5 Å². The van der Waals surface area contributed by atoms with Gasteiger partial charge in [0.15, 0.2) is 15.9 Å². The maximum Gasteiger partial charge on any atom is 0.306 e. The monoisotopic (exact) mass is 368 g/mol. The summed E-state index contributed by atoms with van der Waals surface area (Å²) in [7, 11) is -3.06. The van der Waals surface area contributed by atoms with Crippen LogP contribution in [0.3, 0.4) is 0 Å². The van der Waals surface area contributed by atoms with Gasteiger partial charge in [0.2, 0.25) is 0 Å². The standard InChI is InChI=1S/C16H20N2O6S/c1-11(24-14(19)9-12-7-8-25(22,23)10-12)15(20)17-18-16(21)13-5-3-2-4-6-13/h2-6,11-12H,7-10H2,1H3,(H,17,20)(H,18,21)/t11-,12-/m0/s1. The van der Waals surface area contributed by atoms with Gasteiger partial charge < -0.3 is 4.74 Å². The first-order valence-electron chi connectivity index (χ1n) is 7.82. The minimum atomic E-state index is -3.06. The molecule has 2 N–H and O–H groups in total. The van der Waals surface area contributed by atoms with E-state index < -0.39 is 33.7 Å². The molecular formula is C16H20N2O6S. The fourth-order valence-corrected chi connectivity index (χ4v) is 4.31. The van der Waals surface area contributed by atoms with E-state index in [9.17, 15) is 22.8 Å². The van der Waals surface area contributed by atoms with Crippen LogP contribution in [0.5, 0.6) is 0 Å². The number of hydrogen-bond acceptors (Lipinski definition) is 6. The van der Waals surface area contributed by atoms with Gasteiger partial charge >= 0.3 is 5.97 Å². The van der Waals surface area contributed by atoms with Crippen LogP contribution in [-0.2, 0) is 24.2 Å². The second kappa shape index (κ2) is 8.11. The van der Waals surface area contributed by atoms with Crippen molar-refractivity contribution in [2.24, 2.45) is 5.92 Å². The molecular weight excluding hydrogens is 348 g/mol. The predicted octanol–water partition coefficient (Wildman–Crippen LogP) is 0.204. The molecule has 9 heteroatoms. The van der Waals surface area contributed by atoms with Crippen LogP contribution in [0.4, 0.5) is 0 Å². The molecule has 1 fully saturated rings. The van der Waals surface area contributed by atoms with Crippen molar-refractivity contribution >= 4 is 27.6 Å². The van der Waals surface area contributed by atoms with Gasteiger partial charge in [-0.3, -0.25) is 25.2 Å². The first-order valence-corrected chi connectivity index (χ1v) is 9.64. The molecule has 1 heterocycles. The van der Waals surface area contributed by atoms with Gasteiger partial charge in [0.25, 0.3) is 11.8 Å². The van der Waals surface area contributed by atoms with Gasteiger partial charge in [-0.1, -0.05) is 18.2 Å². The Labute approximate surface area is 145 Å². The summed E-state index contributed by atoms with van der Waals surface area (Å²) >= 11 is 0. The Kier molecular flexibility index (Phi) is 6.13. The molecule has 2 atom stereocenters. The van der Waals surface area contributed by atoms with Crippen LogP contribution in [0.15, 0.2) is 30.3 Å². The molecule has 0 aromatic heterocycles. The van der Waals surface area contributed by atoms with E-state index in [0.717, 1.165) is 0 Å². The number of benzene rings is 1. The Bertz CT molecular complexity index is 747. The lowest BCUT2D eigenvalue weighted by molar-refractivity contribution is -0.155. The first kappa shape index (κ1) is 18.9. The Hall–Kier alpha value is -2.42. The molecule has 0 spiro atoms. The van der Waals surface area contributed by atoms with E-state index in [1.54, 1.807) is 30.3 Å². The van der Waals surface area contributed by atoms with Crippen LogP contribution in [0, 0.1) is 5.92 Å². The zero-order chi connectivity index (χ0) is 18.4. The third-order valence-corrected chi connectivity index (χ3v) is 5.63. The van der Waals surface area contributed by atoms with Crippen LogP contribution in [0.25, 0.3) is 0 Å². The molecule has 1 aromatic rings. The smallest absolute Gasteiger partial charge is 0.306 e. The van der Waals surface area contributed by atoms with Gasteiger partial charge in [0.05, 0.1) is 11.5 Å². The summed E-state index contributed by atoms with van der Waals surface area (Å²) in [6, 6.07) is 8.29. The molecule has 0 saturated carbocycles. The number of sulfone groups is 1. The number of esters is 1. The average Bonchev–Trinajstić information content (AvgIpc) is 2.91. The van der Waals surface area contributed by atoms with Gasteiger partial charge in [-0.2, -0.15) is 0 Å². The molecule has 2 rings (SSSR count). The fourth-order valence-electron chi connectivity index (χ4n) is 2.45. The van der Waals surface area contributed by atoms with E-state index in [-0.39, 0.29) is 23.8 Å². The minimum absolute atomic E-state index is 0.0319. The van der Waals surface area contributed by atoms with Gasteiger partial charge in [-0.15, -0.1) is 0 Å². The van der Waals surface area contributed by atoms with Gasteiger partial charge in [-0.05, 0) is 31.4 Å². The maximum atomic E-state index is 11.9. The van der Waals surface area contributed by atoms with Crippen molar-refractivity contribution in [3.05, 3.63) is 35.9 Å². The van der Waals surface area contributed by atoms with Gasteiger partial charge in [-0.25, -0.2) is 8.42 Å². The highest BCUT2D eigenvalue weighted by Crippen LogP contribution is 2.22. The van der Waals surface area contributed by atoms with Crippen molar-refractivity contribution in [2.45, 2.75) is 25.9 Å². The number of ether oxygens (including phenoxy) is 1. The van der Waals surface area contributed by atoms with Crippen LogP contribution in [0.2, 0.25) is 0 Å². The lowest BCUT2D eigenvalue weighted by Gasteiger charge is -2.15. The lowest BCUT2D eigenvalue weighted by Crippen LogP contribution is -2.46. The predicted molar refractivity (Wildman–Crippen MR) is 89.0 cm³/mol. The second-order valence-corrected chi connectivity index (χ2v) is 8.14. The SMILES string of the molecule is C[C@H](OC(=O)C[C@@H]1CCS(=O)(=O)C1)C(=O)NNC(=O)c1ccccc1. The van der Waals surface area contributed by atoms with Crippen LogP contribution >= 0.6 is 0 Å². The van der Waals surface area contributed by atoms with Crippen LogP contribution in [0.1, 0.15) is 30.1 Å². The third-order valence-electron chi connectivity index (χ3n) is 3.79. The summed E-state index contributed by atoms with van der Waals surface area (Å²) in [5.74, 6) is -2.05.